The predicted octanol–water partition coefficient (Wildman–Crippen LogP) is 2.72. The lowest BCUT2D eigenvalue weighted by molar-refractivity contribution is -0.169. The molecule has 1 aromatic rings. The monoisotopic (exact) mass is 434 g/mol. The maximum absolute atomic E-state index is 12.0. The number of nitrogens with two attached hydrogens (primary N) is 1. The first-order chi connectivity index (χ1) is 14.0. The SMILES string of the molecule is COC1(c2cccc(C(N)=O)c2)C2CCCC1CN(CCC1C(=O)CCC1=O)C2.Cl. The summed E-state index contributed by atoms with van der Waals surface area (Å²) in [5.74, 6) is 0.0161. The number of benzene rings is 1. The molecular weight excluding hydrogens is 404 g/mol. The van der Waals surface area contributed by atoms with Crippen LogP contribution in [0.5, 0.6) is 0 Å². The Kier molecular flexibility index (Phi) is 7.00. The standard InChI is InChI=1S/C23H30N2O4.ClH/c1-29-23(16-5-2-4-15(12-16)22(24)28)17-6-3-7-18(23)14-25(13-17)11-10-19-20(26)8-9-21(19)27;/h2,4-5,12,17-19H,3,6-11,13-14H2,1H3,(H2,24,28);1H. The average Bonchev–Trinajstić information content (AvgIpc) is 3.03. The van der Waals surface area contributed by atoms with Crippen LogP contribution < -0.4 is 5.73 Å². The number of nitrogens with zero attached hydrogens (tertiary/aromatic N) is 1. The van der Waals surface area contributed by atoms with Crippen LogP contribution in [0.2, 0.25) is 0 Å². The molecule has 4 rings (SSSR count). The molecule has 30 heavy (non-hydrogen) atoms. The summed E-state index contributed by atoms with van der Waals surface area (Å²) in [6.45, 7) is 2.52. The topological polar surface area (TPSA) is 89.7 Å². The second-order valence-corrected chi connectivity index (χ2v) is 8.80. The number of likely N-dealkylation sites (tertiary alicyclic amines) is 1. The summed E-state index contributed by atoms with van der Waals surface area (Å²) >= 11 is 0. The third kappa shape index (κ3) is 3.93. The molecule has 164 valence electrons. The maximum Gasteiger partial charge on any atom is 0.248 e. The van der Waals surface area contributed by atoms with E-state index < -0.39 is 17.4 Å². The molecule has 2 bridgehead atoms. The predicted molar refractivity (Wildman–Crippen MR) is 116 cm³/mol. The van der Waals surface area contributed by atoms with E-state index in [9.17, 15) is 14.4 Å². The third-order valence-corrected chi connectivity index (χ3v) is 7.34. The number of Topliss-reactive ketones (excluding diaryl/α,β-unsaturated/α-hetero) is 2. The Morgan fingerprint density at radius 2 is 1.80 bits per heavy atom. The molecule has 6 nitrogen and oxygen atoms in total. The molecule has 0 aromatic heterocycles. The van der Waals surface area contributed by atoms with Gasteiger partial charge in [-0.05, 0) is 43.5 Å². The zero-order chi connectivity index (χ0) is 20.6. The second-order valence-electron chi connectivity index (χ2n) is 8.80. The van der Waals surface area contributed by atoms with Gasteiger partial charge in [-0.15, -0.1) is 12.4 Å². The van der Waals surface area contributed by atoms with Crippen molar-refractivity contribution in [2.24, 2.45) is 23.5 Å². The van der Waals surface area contributed by atoms with E-state index in [4.69, 9.17) is 10.5 Å². The molecule has 1 aliphatic heterocycles. The van der Waals surface area contributed by atoms with E-state index in [0.717, 1.165) is 38.0 Å². The molecule has 2 aliphatic carbocycles. The minimum atomic E-state index is -0.424. The normalized spacial score (nSPS) is 29.6. The first-order valence-corrected chi connectivity index (χ1v) is 10.7. The van der Waals surface area contributed by atoms with Crippen LogP contribution >= 0.6 is 12.4 Å². The molecule has 7 heteroatoms. The molecule has 3 fully saturated rings. The highest BCUT2D eigenvalue weighted by atomic mass is 35.5. The third-order valence-electron chi connectivity index (χ3n) is 7.34. The number of hydrogen-bond donors (Lipinski definition) is 1. The Morgan fingerprint density at radius 1 is 1.17 bits per heavy atom. The van der Waals surface area contributed by atoms with Crippen molar-refractivity contribution in [3.8, 4) is 0 Å². The first kappa shape index (κ1) is 22.9. The number of fused-ring (bicyclic) bond motifs is 2. The quantitative estimate of drug-likeness (QED) is 0.695. The van der Waals surface area contributed by atoms with Crippen LogP contribution in [0.1, 0.15) is 54.4 Å². The van der Waals surface area contributed by atoms with E-state index in [1.807, 2.05) is 18.2 Å². The summed E-state index contributed by atoms with van der Waals surface area (Å²) in [5.41, 5.74) is 6.64. The number of ether oxygens (including phenoxy) is 1. The van der Waals surface area contributed by atoms with Gasteiger partial charge in [-0.3, -0.25) is 14.4 Å². The van der Waals surface area contributed by atoms with E-state index in [1.165, 1.54) is 6.42 Å². The van der Waals surface area contributed by atoms with Gasteiger partial charge >= 0.3 is 0 Å². The Balaban J connectivity index is 0.00000256. The van der Waals surface area contributed by atoms with E-state index >= 15 is 0 Å². The van der Waals surface area contributed by atoms with Gasteiger partial charge in [0, 0.05) is 50.4 Å². The van der Waals surface area contributed by atoms with Gasteiger partial charge in [-0.25, -0.2) is 0 Å². The smallest absolute Gasteiger partial charge is 0.248 e. The molecule has 2 N–H and O–H groups in total. The molecular formula is C23H31ClN2O4. The number of halogens is 1. The van der Waals surface area contributed by atoms with Crippen molar-refractivity contribution in [3.63, 3.8) is 0 Å². The summed E-state index contributed by atoms with van der Waals surface area (Å²) in [6, 6.07) is 7.57. The minimum absolute atomic E-state index is 0. The average molecular weight is 435 g/mol. The largest absolute Gasteiger partial charge is 0.373 e. The fraction of sp³-hybridized carbons (Fsp3) is 0.609. The van der Waals surface area contributed by atoms with E-state index in [1.54, 1.807) is 13.2 Å². The molecule has 1 amide bonds. The Bertz CT molecular complexity index is 797. The van der Waals surface area contributed by atoms with Crippen molar-refractivity contribution in [3.05, 3.63) is 35.4 Å². The summed E-state index contributed by atoms with van der Waals surface area (Å²) < 4.78 is 6.24. The Hall–Kier alpha value is -1.76. The van der Waals surface area contributed by atoms with Crippen LogP contribution in [0.15, 0.2) is 24.3 Å². The highest BCUT2D eigenvalue weighted by Gasteiger charge is 2.53. The highest BCUT2D eigenvalue weighted by molar-refractivity contribution is 6.08. The molecule has 2 unspecified atom stereocenters. The number of amides is 1. The molecule has 3 aliphatic rings. The molecule has 1 saturated heterocycles. The van der Waals surface area contributed by atoms with Gasteiger partial charge in [-0.1, -0.05) is 18.6 Å². The number of piperidine rings is 1. The fourth-order valence-corrected chi connectivity index (χ4v) is 5.95. The van der Waals surface area contributed by atoms with Gasteiger partial charge in [-0.2, -0.15) is 0 Å². The van der Waals surface area contributed by atoms with Gasteiger partial charge in [0.1, 0.15) is 17.2 Å². The van der Waals surface area contributed by atoms with E-state index in [-0.39, 0.29) is 24.0 Å². The molecule has 0 spiro atoms. The van der Waals surface area contributed by atoms with E-state index in [0.29, 0.717) is 36.7 Å². The number of carbonyl (C=O) groups excluding carboxylic acids is 3. The van der Waals surface area contributed by atoms with Crippen molar-refractivity contribution < 1.29 is 19.1 Å². The number of rotatable bonds is 6. The van der Waals surface area contributed by atoms with E-state index in [2.05, 4.69) is 4.90 Å². The van der Waals surface area contributed by atoms with Crippen LogP contribution in [0.25, 0.3) is 0 Å². The first-order valence-electron chi connectivity index (χ1n) is 10.7. The van der Waals surface area contributed by atoms with Crippen molar-refractivity contribution in [2.45, 2.75) is 44.1 Å². The van der Waals surface area contributed by atoms with Crippen molar-refractivity contribution in [2.75, 3.05) is 26.7 Å². The number of primary amides is 1. The second kappa shape index (κ2) is 9.16. The molecule has 0 radical (unpaired) electrons. The van der Waals surface area contributed by atoms with Crippen LogP contribution in [-0.4, -0.2) is 49.1 Å². The zero-order valence-corrected chi connectivity index (χ0v) is 18.3. The molecule has 1 aromatic carbocycles. The minimum Gasteiger partial charge on any atom is -0.373 e. The van der Waals surface area contributed by atoms with Gasteiger partial charge in [0.25, 0.3) is 0 Å². The van der Waals surface area contributed by atoms with Crippen molar-refractivity contribution in [1.29, 1.82) is 0 Å². The number of ketones is 2. The van der Waals surface area contributed by atoms with Gasteiger partial charge in [0.05, 0.1) is 5.92 Å². The maximum atomic E-state index is 12.0. The lowest BCUT2D eigenvalue weighted by Gasteiger charge is -2.55. The summed E-state index contributed by atoms with van der Waals surface area (Å²) in [7, 11) is 1.77. The molecule has 2 saturated carbocycles. The van der Waals surface area contributed by atoms with Crippen LogP contribution in [0.3, 0.4) is 0 Å². The van der Waals surface area contributed by atoms with Crippen molar-refractivity contribution >= 4 is 29.9 Å². The van der Waals surface area contributed by atoms with Crippen LogP contribution in [-0.2, 0) is 19.9 Å². The summed E-state index contributed by atoms with van der Waals surface area (Å²) in [5, 5.41) is 0. The molecule has 1 heterocycles. The summed E-state index contributed by atoms with van der Waals surface area (Å²) in [6.07, 6.45) is 4.75. The zero-order valence-electron chi connectivity index (χ0n) is 17.5. The number of hydrogen-bond acceptors (Lipinski definition) is 5. The number of carbonyl (C=O) groups is 3. The Labute approximate surface area is 183 Å². The van der Waals surface area contributed by atoms with Gasteiger partial charge in [0.2, 0.25) is 5.91 Å². The van der Waals surface area contributed by atoms with Gasteiger partial charge in [0.15, 0.2) is 0 Å². The lowest BCUT2D eigenvalue weighted by atomic mass is 9.62. The molecule has 2 atom stereocenters. The van der Waals surface area contributed by atoms with Crippen molar-refractivity contribution in [1.82, 2.24) is 4.90 Å². The lowest BCUT2D eigenvalue weighted by Crippen LogP contribution is -2.59. The Morgan fingerprint density at radius 3 is 2.37 bits per heavy atom. The highest BCUT2D eigenvalue weighted by Crippen LogP contribution is 2.51. The van der Waals surface area contributed by atoms with Crippen LogP contribution in [0, 0.1) is 17.8 Å². The number of methoxy groups -OCH3 is 1. The van der Waals surface area contributed by atoms with Gasteiger partial charge < -0.3 is 15.4 Å². The fourth-order valence-electron chi connectivity index (χ4n) is 5.95. The summed E-state index contributed by atoms with van der Waals surface area (Å²) in [4.78, 5) is 38.1. The van der Waals surface area contributed by atoms with Crippen LogP contribution in [0.4, 0.5) is 0 Å².